The van der Waals surface area contributed by atoms with Gasteiger partial charge in [-0.15, -0.1) is 0 Å². The highest BCUT2D eigenvalue weighted by Crippen LogP contribution is 2.31. The lowest BCUT2D eigenvalue weighted by atomic mass is 9.86. The van der Waals surface area contributed by atoms with Crippen molar-refractivity contribution in [2.24, 2.45) is 23.7 Å². The van der Waals surface area contributed by atoms with Gasteiger partial charge in [-0.2, -0.15) is 0 Å². The van der Waals surface area contributed by atoms with E-state index >= 15 is 0 Å². The van der Waals surface area contributed by atoms with Gasteiger partial charge in [0, 0.05) is 65.7 Å². The quantitative estimate of drug-likeness (QED) is 0.0932. The molecule has 3 aromatic heterocycles. The third-order valence-corrected chi connectivity index (χ3v) is 11.0. The van der Waals surface area contributed by atoms with Crippen molar-refractivity contribution in [1.29, 1.82) is 0 Å². The van der Waals surface area contributed by atoms with Gasteiger partial charge < -0.3 is 42.2 Å². The van der Waals surface area contributed by atoms with Crippen LogP contribution in [0.25, 0.3) is 29.2 Å². The molecule has 328 valence electrons. The third kappa shape index (κ3) is 13.8. The first kappa shape index (κ1) is 47.6. The lowest BCUT2D eigenvalue weighted by Gasteiger charge is -2.31. The fraction of sp³-hybridized carbons (Fsp3) is 0.568. The highest BCUT2D eigenvalue weighted by molar-refractivity contribution is 5.83. The molecule has 60 heavy (non-hydrogen) atoms. The number of carbonyl (C=O) groups is 4. The summed E-state index contributed by atoms with van der Waals surface area (Å²) in [6, 6.07) is 0. The molecule has 9 atom stereocenters. The predicted octanol–water partition coefficient (Wildman–Crippen LogP) is 6.96. The van der Waals surface area contributed by atoms with E-state index in [9.17, 15) is 24.3 Å². The Kier molecular flexibility index (Phi) is 18.8. The molecular weight excluding hydrogens is 776 g/mol. The van der Waals surface area contributed by atoms with Gasteiger partial charge in [0.15, 0.2) is 11.4 Å². The highest BCUT2D eigenvalue weighted by atomic mass is 16.5. The monoisotopic (exact) mass is 836 g/mol. The summed E-state index contributed by atoms with van der Waals surface area (Å²) < 4.78 is 40.2. The molecule has 0 saturated heterocycles. The number of aliphatic hydroxyl groups is 1. The van der Waals surface area contributed by atoms with Crippen molar-refractivity contribution in [3.63, 3.8) is 0 Å². The molecule has 0 aromatic carbocycles. The number of fused-ring (bicyclic) bond motifs is 8. The van der Waals surface area contributed by atoms with Crippen molar-refractivity contribution in [2.75, 3.05) is 28.4 Å². The van der Waals surface area contributed by atoms with Crippen molar-refractivity contribution in [3.8, 4) is 23.2 Å². The van der Waals surface area contributed by atoms with E-state index in [1.54, 1.807) is 46.5 Å². The van der Waals surface area contributed by atoms with Crippen LogP contribution in [0.3, 0.4) is 0 Å². The van der Waals surface area contributed by atoms with Crippen LogP contribution in [-0.4, -0.2) is 102 Å². The second-order valence-corrected chi connectivity index (χ2v) is 15.4. The number of ether oxygens (including phenoxy) is 4. The van der Waals surface area contributed by atoms with E-state index in [2.05, 4.69) is 15.0 Å². The number of hydrogen-bond donors (Lipinski definition) is 1. The molecular formula is C44H60N4O12. The lowest BCUT2D eigenvalue weighted by Crippen LogP contribution is -2.34. The number of aromatic nitrogens is 3. The van der Waals surface area contributed by atoms with Crippen molar-refractivity contribution < 1.29 is 56.5 Å². The fourth-order valence-electron chi connectivity index (χ4n) is 7.03. The summed E-state index contributed by atoms with van der Waals surface area (Å²) in [5.74, 6) is -1.21. The largest absolute Gasteiger partial charge is 0.462 e. The lowest BCUT2D eigenvalue weighted by molar-refractivity contribution is -0.156. The molecule has 1 aliphatic heterocycles. The number of cyclic esters (lactones) is 1. The number of amides is 1. The molecule has 0 radical (unpaired) electrons. The smallest absolute Gasteiger partial charge is 0.309 e. The third-order valence-electron chi connectivity index (χ3n) is 11.0. The number of aliphatic hydroxyl groups excluding tert-OH is 1. The maximum Gasteiger partial charge on any atom is 0.309 e. The maximum absolute atomic E-state index is 13.3. The molecule has 3 aromatic rings. The molecule has 4 rings (SSSR count). The fourth-order valence-corrected chi connectivity index (χ4v) is 7.03. The average molecular weight is 837 g/mol. The first-order valence-corrected chi connectivity index (χ1v) is 20.3. The number of carbonyl (C=O) groups excluding carboxylic acids is 4. The van der Waals surface area contributed by atoms with Crippen LogP contribution in [0.1, 0.15) is 96.8 Å². The normalized spacial score (nSPS) is 24.1. The minimum Gasteiger partial charge on any atom is -0.462 e. The molecule has 1 N–H and O–H groups in total. The first-order valence-electron chi connectivity index (χ1n) is 20.3. The molecule has 16 heteroatoms. The van der Waals surface area contributed by atoms with Crippen LogP contribution in [0.15, 0.2) is 62.5 Å². The Morgan fingerprint density at radius 3 is 2.40 bits per heavy atom. The van der Waals surface area contributed by atoms with Crippen LogP contribution in [0.5, 0.6) is 0 Å². The molecule has 4 heterocycles. The minimum absolute atomic E-state index is 0.0196. The van der Waals surface area contributed by atoms with Gasteiger partial charge in [0.2, 0.25) is 24.1 Å². The van der Waals surface area contributed by atoms with Crippen LogP contribution in [0.2, 0.25) is 0 Å². The number of oxazole rings is 3. The molecule has 1 aliphatic rings. The topological polar surface area (TPSA) is 207 Å². The number of allylic oxidation sites excluding steroid dienone is 2. The van der Waals surface area contributed by atoms with Crippen molar-refractivity contribution in [3.05, 3.63) is 60.9 Å². The summed E-state index contributed by atoms with van der Waals surface area (Å²) in [6.07, 6.45) is 14.3. The molecule has 1 amide bonds. The molecule has 0 aliphatic carbocycles. The summed E-state index contributed by atoms with van der Waals surface area (Å²) in [4.78, 5) is 65.5. The van der Waals surface area contributed by atoms with Gasteiger partial charge in [-0.3, -0.25) is 19.2 Å². The zero-order valence-electron chi connectivity index (χ0n) is 35.9. The minimum atomic E-state index is -1.19. The maximum atomic E-state index is 13.3. The van der Waals surface area contributed by atoms with Crippen LogP contribution < -0.4 is 0 Å². The zero-order valence-corrected chi connectivity index (χ0v) is 35.9. The number of ketones is 2. The number of esters is 1. The van der Waals surface area contributed by atoms with Crippen molar-refractivity contribution >= 4 is 30.0 Å². The molecule has 0 spiro atoms. The molecule has 0 fully saturated rings. The number of Topliss-reactive ketones (excluding diaryl/α,β-unsaturated/α-hetero) is 2. The van der Waals surface area contributed by atoms with Gasteiger partial charge in [0.05, 0.1) is 24.7 Å². The standard InChI is InChI=1S/C44H60N4O12/c1-27-13-9-10-17-40-45-33(24-57-40)43-47-34(25-59-43)44-46-32(23-58-44)42(56-8)30(4)35(51)15-11-14-31(50)21-41(53)60-39(27)22-38(55-7)28(2)18-19-36(52)29(3)37(54-6)16-12-20-48(5)26-49/h10-12,14,17,20,23-31,37-39,42,50H,9,13,15-16,18-19,21-22H2,1-8H3/b14-11+,17-10-,20-12+. The Morgan fingerprint density at radius 1 is 0.983 bits per heavy atom. The predicted molar refractivity (Wildman–Crippen MR) is 219 cm³/mol. The van der Waals surface area contributed by atoms with E-state index in [4.69, 9.17) is 32.2 Å². The van der Waals surface area contributed by atoms with E-state index in [0.717, 1.165) is 0 Å². The van der Waals surface area contributed by atoms with Gasteiger partial charge in [0.25, 0.3) is 0 Å². The second-order valence-electron chi connectivity index (χ2n) is 15.4. The van der Waals surface area contributed by atoms with Crippen molar-refractivity contribution in [2.45, 2.75) is 110 Å². The van der Waals surface area contributed by atoms with Crippen LogP contribution in [0, 0.1) is 23.7 Å². The SMILES string of the molecule is COC(CC1OC(=O)CC(O)/C=C/CC(=O)C(C)C(OC)c2coc(n2)-c2coc(n2)-c2coc(n2)/C=C\CCC1C)C(C)CCC(=O)C(C)C(C/C=C/N(C)C=O)OC. The van der Waals surface area contributed by atoms with Gasteiger partial charge in [-0.05, 0) is 43.6 Å². The second kappa shape index (κ2) is 23.7. The number of rotatable bonds is 15. The Bertz CT molecular complexity index is 1910. The highest BCUT2D eigenvalue weighted by Gasteiger charge is 2.31. The molecule has 9 unspecified atom stereocenters. The van der Waals surface area contributed by atoms with Crippen LogP contribution >= 0.6 is 0 Å². The van der Waals surface area contributed by atoms with Crippen LogP contribution in [-0.2, 0) is 38.1 Å². The first-order chi connectivity index (χ1) is 28.8. The van der Waals surface area contributed by atoms with Gasteiger partial charge in [-0.1, -0.05) is 52.0 Å². The molecule has 16 nitrogen and oxygen atoms in total. The summed E-state index contributed by atoms with van der Waals surface area (Å²) in [5.41, 5.74) is 1.08. The van der Waals surface area contributed by atoms with Crippen molar-refractivity contribution in [1.82, 2.24) is 19.9 Å². The summed E-state index contributed by atoms with van der Waals surface area (Å²) in [5, 5.41) is 10.8. The number of hydrogen-bond acceptors (Lipinski definition) is 15. The Morgan fingerprint density at radius 2 is 1.68 bits per heavy atom. The molecule has 0 saturated carbocycles. The van der Waals surface area contributed by atoms with Gasteiger partial charge in [-0.25, -0.2) is 15.0 Å². The van der Waals surface area contributed by atoms with E-state index < -0.39 is 30.2 Å². The van der Waals surface area contributed by atoms with E-state index in [-0.39, 0.29) is 66.2 Å². The van der Waals surface area contributed by atoms with Gasteiger partial charge in [0.1, 0.15) is 48.3 Å². The van der Waals surface area contributed by atoms with E-state index in [1.807, 2.05) is 26.8 Å². The number of methoxy groups -OCH3 is 3. The summed E-state index contributed by atoms with van der Waals surface area (Å²) >= 11 is 0. The van der Waals surface area contributed by atoms with Crippen LogP contribution in [0.4, 0.5) is 0 Å². The number of nitrogens with zero attached hydrogens (tertiary/aromatic N) is 4. The van der Waals surface area contributed by atoms with Gasteiger partial charge >= 0.3 is 5.97 Å². The molecule has 6 bridgehead atoms. The Hall–Kier alpha value is -5.03. The Balaban J connectivity index is 1.48. The van der Waals surface area contributed by atoms with E-state index in [0.29, 0.717) is 67.9 Å². The summed E-state index contributed by atoms with van der Waals surface area (Å²) in [7, 11) is 6.27. The Labute approximate surface area is 351 Å². The van der Waals surface area contributed by atoms with E-state index in [1.165, 1.54) is 43.0 Å². The summed E-state index contributed by atoms with van der Waals surface area (Å²) in [6.45, 7) is 7.55. The average Bonchev–Trinajstić information content (AvgIpc) is 4.03. The zero-order chi connectivity index (χ0) is 43.8.